The Morgan fingerprint density at radius 2 is 2.50 bits per heavy atom. The molecule has 0 aromatic rings. The van der Waals surface area contributed by atoms with Crippen LogP contribution in [0.1, 0.15) is 13.3 Å². The van der Waals surface area contributed by atoms with E-state index >= 15 is 0 Å². The van der Waals surface area contributed by atoms with E-state index in [1.54, 1.807) is 0 Å². The molecule has 0 unspecified atom stereocenters. The summed E-state index contributed by atoms with van der Waals surface area (Å²) < 4.78 is 3.31. The Morgan fingerprint density at radius 3 is 2.67 bits per heavy atom. The quantitative estimate of drug-likeness (QED) is 0.274. The topological polar surface area (TPSA) is 4.36 Å². The molecular weight excluding hydrogens is 90.1 g/mol. The maximum atomic E-state index is 6.39. The predicted molar refractivity (Wildman–Crippen MR) is 30.2 cm³/mol. The van der Waals surface area contributed by atoms with Gasteiger partial charge >= 0.3 is 9.68 Å². The molecule has 0 saturated heterocycles. The molecule has 1 nitrogen and oxygen atoms in total. The van der Waals surface area contributed by atoms with Crippen molar-refractivity contribution in [3.63, 3.8) is 0 Å². The zero-order chi connectivity index (χ0) is 4.83. The molecule has 0 fully saturated rings. The summed E-state index contributed by atoms with van der Waals surface area (Å²) in [5.41, 5.74) is 0. The molecule has 0 bridgehead atoms. The Balaban J connectivity index is 2.54. The second-order valence-electron chi connectivity index (χ2n) is 1.24. The van der Waals surface area contributed by atoms with Gasteiger partial charge in [-0.05, 0) is 0 Å². The molecule has 0 heterocycles. The second kappa shape index (κ2) is 4.71. The summed E-state index contributed by atoms with van der Waals surface area (Å²) >= 11 is 0. The van der Waals surface area contributed by atoms with E-state index in [2.05, 4.69) is 11.4 Å². The molecule has 0 aliphatic heterocycles. The molecule has 0 N–H and O–H groups in total. The van der Waals surface area contributed by atoms with Crippen LogP contribution in [0.15, 0.2) is 0 Å². The highest BCUT2D eigenvalue weighted by atomic mass is 28.2. The van der Waals surface area contributed by atoms with Gasteiger partial charge in [0.15, 0.2) is 0 Å². The molecule has 0 saturated carbocycles. The van der Waals surface area contributed by atoms with Crippen molar-refractivity contribution in [2.75, 3.05) is 0 Å². The molecule has 0 aliphatic carbocycles. The van der Waals surface area contributed by atoms with Gasteiger partial charge in [0.05, 0.1) is 0 Å². The van der Waals surface area contributed by atoms with Gasteiger partial charge < -0.3 is 4.51 Å². The van der Waals surface area contributed by atoms with Gasteiger partial charge in [-0.25, -0.2) is 0 Å². The van der Waals surface area contributed by atoms with E-state index in [1.807, 2.05) is 0 Å². The highest BCUT2D eigenvalue weighted by molar-refractivity contribution is 6.39. The van der Waals surface area contributed by atoms with Crippen molar-refractivity contribution in [3.8, 4) is 0 Å². The van der Waals surface area contributed by atoms with Gasteiger partial charge in [0, 0.05) is 6.04 Å². The standard InChI is InChI=1S/C4H9NSi/c1-3-4-6-5-2/h3-4,6H2,1H3. The van der Waals surface area contributed by atoms with Gasteiger partial charge in [0.2, 0.25) is 0 Å². The molecule has 2 heteroatoms. The molecule has 0 aromatic carbocycles. The van der Waals surface area contributed by atoms with E-state index < -0.39 is 0 Å². The van der Waals surface area contributed by atoms with Crippen LogP contribution in [-0.4, -0.2) is 9.68 Å². The molecule has 0 radical (unpaired) electrons. The lowest BCUT2D eigenvalue weighted by Gasteiger charge is -1.73. The molecule has 0 spiro atoms. The van der Waals surface area contributed by atoms with Crippen LogP contribution in [0.5, 0.6) is 0 Å². The minimum Gasteiger partial charge on any atom is -0.417 e. The summed E-state index contributed by atoms with van der Waals surface area (Å²) in [5.74, 6) is 0. The average molecular weight is 99.2 g/mol. The Kier molecular flexibility index (Phi) is 4.48. The highest BCUT2D eigenvalue weighted by Crippen LogP contribution is 1.83. The maximum Gasteiger partial charge on any atom is 0.414 e. The first-order chi connectivity index (χ1) is 2.91. The monoisotopic (exact) mass is 99.1 g/mol. The van der Waals surface area contributed by atoms with Gasteiger partial charge in [-0.1, -0.05) is 13.3 Å². The molecule has 6 heavy (non-hydrogen) atoms. The molecule has 0 rings (SSSR count). The summed E-state index contributed by atoms with van der Waals surface area (Å²) in [7, 11) is -0.287. The summed E-state index contributed by atoms with van der Waals surface area (Å²) in [6, 6.07) is 1.20. The van der Waals surface area contributed by atoms with Crippen molar-refractivity contribution in [2.24, 2.45) is 0 Å². The SMILES string of the molecule is [C-]#[N+][SiH2]CCC. The van der Waals surface area contributed by atoms with E-state index in [4.69, 9.17) is 6.57 Å². The smallest absolute Gasteiger partial charge is 0.414 e. The third kappa shape index (κ3) is 3.71. The third-order valence-electron chi connectivity index (χ3n) is 0.623. The molecular formula is C4H9NSi. The van der Waals surface area contributed by atoms with E-state index in [0.717, 1.165) is 0 Å². The fourth-order valence-electron chi connectivity index (χ4n) is 0.237. The number of hydrogen-bond acceptors (Lipinski definition) is 0. The van der Waals surface area contributed by atoms with E-state index in [9.17, 15) is 0 Å². The van der Waals surface area contributed by atoms with Crippen molar-refractivity contribution < 1.29 is 0 Å². The highest BCUT2D eigenvalue weighted by Gasteiger charge is 1.83. The lowest BCUT2D eigenvalue weighted by atomic mass is 10.6. The Bertz CT molecular complexity index is 55.1. The van der Waals surface area contributed by atoms with Gasteiger partial charge in [-0.3, -0.25) is 6.57 Å². The lowest BCUT2D eigenvalue weighted by Crippen LogP contribution is -1.74. The van der Waals surface area contributed by atoms with Crippen LogP contribution in [0.3, 0.4) is 0 Å². The zero-order valence-corrected chi connectivity index (χ0v) is 5.48. The van der Waals surface area contributed by atoms with Crippen molar-refractivity contribution in [1.29, 1.82) is 0 Å². The van der Waals surface area contributed by atoms with Crippen LogP contribution in [-0.2, 0) is 0 Å². The second-order valence-corrected chi connectivity index (χ2v) is 2.71. The summed E-state index contributed by atoms with van der Waals surface area (Å²) in [4.78, 5) is 0. The van der Waals surface area contributed by atoms with Gasteiger partial charge in [-0.2, -0.15) is 0 Å². The Hall–Kier alpha value is -0.293. The van der Waals surface area contributed by atoms with Crippen LogP contribution in [0, 0.1) is 6.57 Å². The van der Waals surface area contributed by atoms with E-state index in [0.29, 0.717) is 0 Å². The fourth-order valence-corrected chi connectivity index (χ4v) is 0.712. The molecule has 34 valence electrons. The predicted octanol–water partition coefficient (Wildman–Crippen LogP) is 0.818. The summed E-state index contributed by atoms with van der Waals surface area (Å²) in [6.07, 6.45) is 1.20. The van der Waals surface area contributed by atoms with Crippen LogP contribution >= 0.6 is 0 Å². The fraction of sp³-hybridized carbons (Fsp3) is 0.750. The van der Waals surface area contributed by atoms with Crippen LogP contribution in [0.4, 0.5) is 0 Å². The molecule has 0 amide bonds. The Labute approximate surface area is 41.1 Å². The minimum atomic E-state index is -0.287. The first-order valence-electron chi connectivity index (χ1n) is 2.25. The van der Waals surface area contributed by atoms with E-state index in [-0.39, 0.29) is 9.68 Å². The van der Waals surface area contributed by atoms with Gasteiger partial charge in [0.1, 0.15) is 0 Å². The summed E-state index contributed by atoms with van der Waals surface area (Å²) in [6.45, 7) is 8.52. The first-order valence-corrected chi connectivity index (χ1v) is 3.88. The largest absolute Gasteiger partial charge is 0.417 e. The number of nitrogens with zero attached hydrogens (tertiary/aromatic N) is 1. The Morgan fingerprint density at radius 1 is 1.83 bits per heavy atom. The van der Waals surface area contributed by atoms with Crippen LogP contribution < -0.4 is 0 Å². The van der Waals surface area contributed by atoms with E-state index in [1.165, 1.54) is 12.5 Å². The maximum absolute atomic E-state index is 6.39. The van der Waals surface area contributed by atoms with Crippen LogP contribution in [0.2, 0.25) is 6.04 Å². The molecule has 0 aromatic heterocycles. The number of hydrogen-bond donors (Lipinski definition) is 0. The van der Waals surface area contributed by atoms with Gasteiger partial charge in [-0.15, -0.1) is 0 Å². The lowest BCUT2D eigenvalue weighted by molar-refractivity contribution is 1.08. The third-order valence-corrected chi connectivity index (χ3v) is 1.87. The number of rotatable bonds is 2. The van der Waals surface area contributed by atoms with Crippen molar-refractivity contribution in [1.82, 2.24) is 0 Å². The molecule has 0 atom stereocenters. The van der Waals surface area contributed by atoms with Crippen molar-refractivity contribution in [3.05, 3.63) is 11.1 Å². The summed E-state index contributed by atoms with van der Waals surface area (Å²) in [5, 5.41) is 0. The first kappa shape index (κ1) is 5.71. The average Bonchev–Trinajstić information content (AvgIpc) is 1.61. The van der Waals surface area contributed by atoms with Crippen molar-refractivity contribution >= 4 is 9.68 Å². The van der Waals surface area contributed by atoms with Crippen molar-refractivity contribution in [2.45, 2.75) is 19.4 Å². The minimum absolute atomic E-state index is 0.287. The normalized spacial score (nSPS) is 9.33. The molecule has 0 aliphatic rings. The zero-order valence-electron chi connectivity index (χ0n) is 4.07. The van der Waals surface area contributed by atoms with Crippen LogP contribution in [0.25, 0.3) is 4.51 Å². The van der Waals surface area contributed by atoms with Gasteiger partial charge in [0.25, 0.3) is 0 Å².